The van der Waals surface area contributed by atoms with E-state index in [1.807, 2.05) is 47.0 Å². The third kappa shape index (κ3) is 4.12. The number of oxazole rings is 1. The molecule has 1 aliphatic heterocycles. The maximum absolute atomic E-state index is 12.6. The zero-order chi connectivity index (χ0) is 22.1. The van der Waals surface area contributed by atoms with E-state index in [-0.39, 0.29) is 5.91 Å². The lowest BCUT2D eigenvalue weighted by Crippen LogP contribution is -2.30. The van der Waals surface area contributed by atoms with Crippen LogP contribution >= 0.6 is 12.2 Å². The number of aryl methyl sites for hydroxylation is 2. The first-order valence-electron chi connectivity index (χ1n) is 11.1. The molecule has 0 aliphatic carbocycles. The van der Waals surface area contributed by atoms with Crippen LogP contribution < -0.4 is 10.2 Å². The largest absolute Gasteiger partial charge is 0.429 e. The maximum Gasteiger partial charge on any atom is 0.269 e. The molecule has 164 valence electrons. The summed E-state index contributed by atoms with van der Waals surface area (Å²) in [7, 11) is 0. The van der Waals surface area contributed by atoms with Gasteiger partial charge in [0.1, 0.15) is 5.82 Å². The average molecular weight is 447 g/mol. The monoisotopic (exact) mass is 446 g/mol. The Morgan fingerprint density at radius 3 is 2.78 bits per heavy atom. The van der Waals surface area contributed by atoms with E-state index in [1.54, 1.807) is 0 Å². The fourth-order valence-corrected chi connectivity index (χ4v) is 4.68. The van der Waals surface area contributed by atoms with Gasteiger partial charge >= 0.3 is 0 Å². The van der Waals surface area contributed by atoms with Crippen LogP contribution in [0.3, 0.4) is 0 Å². The van der Waals surface area contributed by atoms with E-state index in [0.717, 1.165) is 46.6 Å². The van der Waals surface area contributed by atoms with Crippen LogP contribution in [0.2, 0.25) is 0 Å². The van der Waals surface area contributed by atoms with Crippen molar-refractivity contribution in [3.8, 4) is 0 Å². The van der Waals surface area contributed by atoms with Gasteiger partial charge < -0.3 is 14.6 Å². The molecule has 5 rings (SSSR count). The summed E-state index contributed by atoms with van der Waals surface area (Å²) in [6.07, 6.45) is 4.06. The summed E-state index contributed by atoms with van der Waals surface area (Å²) in [4.78, 5) is 20.3. The Labute approximate surface area is 191 Å². The van der Waals surface area contributed by atoms with Gasteiger partial charge in [-0.2, -0.15) is 0 Å². The van der Waals surface area contributed by atoms with Crippen molar-refractivity contribution in [1.82, 2.24) is 9.55 Å². The van der Waals surface area contributed by atoms with Gasteiger partial charge in [-0.15, -0.1) is 0 Å². The molecule has 7 heteroatoms. The highest BCUT2D eigenvalue weighted by atomic mass is 32.1. The minimum atomic E-state index is -0.0629. The number of nitrogens with zero attached hydrogens (tertiary/aromatic N) is 3. The molecule has 1 saturated heterocycles. The molecule has 1 amide bonds. The number of para-hydroxylation sites is 2. The van der Waals surface area contributed by atoms with Crippen LogP contribution in [0, 0.1) is 11.8 Å². The summed E-state index contributed by atoms with van der Waals surface area (Å²) in [6, 6.07) is 15.7. The second kappa shape index (κ2) is 8.74. The number of pyridine rings is 1. The lowest BCUT2D eigenvalue weighted by Gasteiger charge is -2.28. The highest BCUT2D eigenvalue weighted by Gasteiger charge is 2.14. The lowest BCUT2D eigenvalue weighted by molar-refractivity contribution is -0.116. The summed E-state index contributed by atoms with van der Waals surface area (Å²) in [5.41, 5.74) is 4.54. The normalized spacial score (nSPS) is 14.2. The van der Waals surface area contributed by atoms with Crippen LogP contribution in [0.15, 0.2) is 52.9 Å². The Morgan fingerprint density at radius 1 is 1.12 bits per heavy atom. The van der Waals surface area contributed by atoms with Crippen molar-refractivity contribution in [3.63, 3.8) is 0 Å². The van der Waals surface area contributed by atoms with Crippen molar-refractivity contribution in [2.24, 2.45) is 0 Å². The molecule has 6 nitrogen and oxygen atoms in total. The van der Waals surface area contributed by atoms with E-state index in [4.69, 9.17) is 21.6 Å². The lowest BCUT2D eigenvalue weighted by atomic mass is 10.1. The first-order valence-corrected chi connectivity index (χ1v) is 11.5. The third-order valence-corrected chi connectivity index (χ3v) is 6.41. The topological polar surface area (TPSA) is 63.3 Å². The Balaban J connectivity index is 1.30. The van der Waals surface area contributed by atoms with E-state index in [9.17, 15) is 4.79 Å². The molecule has 3 heterocycles. The Hall–Kier alpha value is -3.19. The van der Waals surface area contributed by atoms with Gasteiger partial charge in [-0.25, -0.2) is 4.98 Å². The van der Waals surface area contributed by atoms with Gasteiger partial charge in [0.05, 0.1) is 11.0 Å². The summed E-state index contributed by atoms with van der Waals surface area (Å²) < 4.78 is 7.46. The number of fused-ring (bicyclic) bond motifs is 2. The number of rotatable bonds is 5. The highest BCUT2D eigenvalue weighted by Crippen LogP contribution is 2.27. The number of benzene rings is 2. The van der Waals surface area contributed by atoms with Crippen LogP contribution in [0.25, 0.3) is 22.0 Å². The van der Waals surface area contributed by atoms with Crippen LogP contribution in [-0.2, 0) is 11.3 Å². The Bertz CT molecular complexity index is 1350. The number of carbonyl (C=O) groups is 1. The molecule has 0 unspecified atom stereocenters. The zero-order valence-electron chi connectivity index (χ0n) is 18.1. The van der Waals surface area contributed by atoms with Gasteiger partial charge in [-0.1, -0.05) is 12.1 Å². The standard InChI is InChI=1S/C25H26N4O2S/c1-17-15-23(28-12-5-2-6-13-28)27-20-10-9-18(16-19(17)20)26-24(30)11-14-29-21-7-3-4-8-22(21)31-25(29)32/h3-4,7-10,15-16H,2,5-6,11-14H2,1H3,(H,26,30). The van der Waals surface area contributed by atoms with Gasteiger partial charge in [-0.05, 0) is 80.4 Å². The van der Waals surface area contributed by atoms with Gasteiger partial charge in [0, 0.05) is 37.1 Å². The number of hydrogen-bond acceptors (Lipinski definition) is 5. The van der Waals surface area contributed by atoms with Crippen molar-refractivity contribution < 1.29 is 9.21 Å². The number of piperidine rings is 1. The van der Waals surface area contributed by atoms with Crippen LogP contribution in [0.5, 0.6) is 0 Å². The van der Waals surface area contributed by atoms with E-state index in [2.05, 4.69) is 23.2 Å². The number of aromatic nitrogens is 2. The zero-order valence-corrected chi connectivity index (χ0v) is 19.0. The van der Waals surface area contributed by atoms with Gasteiger partial charge in [0.25, 0.3) is 4.84 Å². The van der Waals surface area contributed by atoms with E-state index in [1.165, 1.54) is 24.8 Å². The maximum atomic E-state index is 12.6. The molecular formula is C25H26N4O2S. The molecule has 32 heavy (non-hydrogen) atoms. The molecule has 0 spiro atoms. The fourth-order valence-electron chi connectivity index (χ4n) is 4.40. The SMILES string of the molecule is Cc1cc(N2CCCCC2)nc2ccc(NC(=O)CCn3c(=S)oc4ccccc43)cc12. The van der Waals surface area contributed by atoms with Crippen LogP contribution in [-0.4, -0.2) is 28.5 Å². The molecule has 1 N–H and O–H groups in total. The number of nitrogens with one attached hydrogen (secondary N) is 1. The molecule has 2 aromatic heterocycles. The van der Waals surface area contributed by atoms with E-state index in [0.29, 0.717) is 17.8 Å². The van der Waals surface area contributed by atoms with Crippen LogP contribution in [0.4, 0.5) is 11.5 Å². The van der Waals surface area contributed by atoms with Gasteiger partial charge in [0.2, 0.25) is 5.91 Å². The summed E-state index contributed by atoms with van der Waals surface area (Å²) in [5.74, 6) is 0.989. The van der Waals surface area contributed by atoms with Gasteiger partial charge in [-0.3, -0.25) is 9.36 Å². The minimum Gasteiger partial charge on any atom is -0.429 e. The molecule has 0 radical (unpaired) electrons. The molecule has 0 atom stereocenters. The second-order valence-electron chi connectivity index (χ2n) is 8.36. The Morgan fingerprint density at radius 2 is 1.94 bits per heavy atom. The number of anilines is 2. The molecule has 2 aromatic carbocycles. The highest BCUT2D eigenvalue weighted by molar-refractivity contribution is 7.71. The number of carbonyl (C=O) groups excluding carboxylic acids is 1. The fraction of sp³-hybridized carbons (Fsp3) is 0.320. The predicted octanol–water partition coefficient (Wildman–Crippen LogP) is 5.84. The molecule has 1 fully saturated rings. The quantitative estimate of drug-likeness (QED) is 0.390. The summed E-state index contributed by atoms with van der Waals surface area (Å²) in [5, 5.41) is 4.08. The molecule has 1 aliphatic rings. The van der Waals surface area contributed by atoms with Crippen LogP contribution in [0.1, 0.15) is 31.2 Å². The summed E-state index contributed by atoms with van der Waals surface area (Å²) >= 11 is 5.31. The average Bonchev–Trinajstić information content (AvgIpc) is 3.13. The second-order valence-corrected chi connectivity index (χ2v) is 8.71. The predicted molar refractivity (Wildman–Crippen MR) is 131 cm³/mol. The minimum absolute atomic E-state index is 0.0629. The molecule has 0 bridgehead atoms. The molecule has 4 aromatic rings. The third-order valence-electron chi connectivity index (χ3n) is 6.10. The first-order chi connectivity index (χ1) is 15.6. The number of amides is 1. The van der Waals surface area contributed by atoms with Crippen molar-refractivity contribution >= 4 is 51.6 Å². The molecular weight excluding hydrogens is 420 g/mol. The number of hydrogen-bond donors (Lipinski definition) is 1. The smallest absolute Gasteiger partial charge is 0.269 e. The van der Waals surface area contributed by atoms with Crippen molar-refractivity contribution in [2.45, 2.75) is 39.2 Å². The van der Waals surface area contributed by atoms with Crippen molar-refractivity contribution in [3.05, 3.63) is 58.9 Å². The van der Waals surface area contributed by atoms with Crippen molar-refractivity contribution in [2.75, 3.05) is 23.3 Å². The summed E-state index contributed by atoms with van der Waals surface area (Å²) in [6.45, 7) is 4.72. The van der Waals surface area contributed by atoms with E-state index < -0.39 is 0 Å². The van der Waals surface area contributed by atoms with E-state index >= 15 is 0 Å². The Kier molecular flexibility index (Phi) is 5.66. The molecule has 0 saturated carbocycles. The van der Waals surface area contributed by atoms with Gasteiger partial charge in [0.15, 0.2) is 5.58 Å². The van der Waals surface area contributed by atoms with Crippen molar-refractivity contribution in [1.29, 1.82) is 0 Å². The first kappa shape index (κ1) is 20.7.